The van der Waals surface area contributed by atoms with Gasteiger partial charge in [-0.25, -0.2) is 0 Å². The zero-order valence-electron chi connectivity index (χ0n) is 25.6. The van der Waals surface area contributed by atoms with Crippen molar-refractivity contribution in [3.63, 3.8) is 0 Å². The van der Waals surface area contributed by atoms with Gasteiger partial charge >= 0.3 is 0 Å². The molecule has 4 heterocycles. The highest BCUT2D eigenvalue weighted by molar-refractivity contribution is 7.26. The number of hydrogen-bond acceptors (Lipinski definition) is 4. The molecule has 226 valence electrons. The molecule has 0 saturated carbocycles. The van der Waals surface area contributed by atoms with E-state index >= 15 is 0 Å². The lowest BCUT2D eigenvalue weighted by Gasteiger charge is -2.17. The van der Waals surface area contributed by atoms with Crippen molar-refractivity contribution in [3.05, 3.63) is 151 Å². The van der Waals surface area contributed by atoms with E-state index in [-0.39, 0.29) is 0 Å². The molecule has 5 heteroatoms. The van der Waals surface area contributed by atoms with Crippen LogP contribution in [-0.4, -0.2) is 4.57 Å². The van der Waals surface area contributed by atoms with Gasteiger partial charge in [-0.1, -0.05) is 109 Å². The molecule has 1 aliphatic heterocycles. The number of aromatic nitrogens is 1. The second kappa shape index (κ2) is 9.74. The van der Waals surface area contributed by atoms with Crippen molar-refractivity contribution in [1.29, 1.82) is 0 Å². The first-order valence-corrected chi connectivity index (χ1v) is 17.0. The molecule has 0 spiro atoms. The van der Waals surface area contributed by atoms with Gasteiger partial charge in [0.15, 0.2) is 12.0 Å². The van der Waals surface area contributed by atoms with Gasteiger partial charge in [0.2, 0.25) is 0 Å². The zero-order chi connectivity index (χ0) is 31.3. The number of ether oxygens (including phenoxy) is 1. The lowest BCUT2D eigenvalue weighted by Crippen LogP contribution is -2.11. The van der Waals surface area contributed by atoms with Crippen molar-refractivity contribution in [1.82, 2.24) is 4.57 Å². The first kappa shape index (κ1) is 26.1. The average molecular weight is 635 g/mol. The molecule has 48 heavy (non-hydrogen) atoms. The number of benzene rings is 7. The van der Waals surface area contributed by atoms with E-state index in [2.05, 4.69) is 137 Å². The average Bonchev–Trinajstić information content (AvgIpc) is 3.92. The van der Waals surface area contributed by atoms with E-state index in [1.807, 2.05) is 29.5 Å². The minimum absolute atomic E-state index is 0.394. The molecule has 0 amide bonds. The maximum atomic E-state index is 7.06. The molecule has 1 aliphatic rings. The number of thiophene rings is 1. The van der Waals surface area contributed by atoms with Crippen LogP contribution in [0.2, 0.25) is 0 Å². The normalized spacial score (nSPS) is 14.4. The van der Waals surface area contributed by atoms with Crippen LogP contribution in [0.1, 0.15) is 11.8 Å². The molecule has 0 saturated heterocycles. The minimum Gasteiger partial charge on any atom is -0.463 e. The molecule has 1 N–H and O–H groups in total. The van der Waals surface area contributed by atoms with Gasteiger partial charge in [0.25, 0.3) is 0 Å². The summed E-state index contributed by atoms with van der Waals surface area (Å²) in [4.78, 5) is 0. The molecule has 7 aromatic carbocycles. The third-order valence-electron chi connectivity index (χ3n) is 9.86. The topological polar surface area (TPSA) is 39.3 Å². The Labute approximate surface area is 279 Å². The summed E-state index contributed by atoms with van der Waals surface area (Å²) in [5.41, 5.74) is 9.54. The third kappa shape index (κ3) is 3.54. The van der Waals surface area contributed by atoms with Crippen LogP contribution < -0.4 is 10.1 Å². The fourth-order valence-corrected chi connectivity index (χ4v) is 9.03. The number of fused-ring (bicyclic) bond motifs is 11. The van der Waals surface area contributed by atoms with E-state index in [9.17, 15) is 0 Å². The van der Waals surface area contributed by atoms with Crippen LogP contribution in [-0.2, 0) is 0 Å². The maximum absolute atomic E-state index is 7.06. The summed E-state index contributed by atoms with van der Waals surface area (Å²) < 4.78 is 18.4. The summed E-state index contributed by atoms with van der Waals surface area (Å²) in [7, 11) is 0. The second-order valence-electron chi connectivity index (χ2n) is 12.5. The Kier molecular flexibility index (Phi) is 5.29. The lowest BCUT2D eigenvalue weighted by molar-refractivity contribution is 0.264. The van der Waals surface area contributed by atoms with Crippen LogP contribution in [0.25, 0.3) is 80.7 Å². The van der Waals surface area contributed by atoms with Crippen LogP contribution in [0.3, 0.4) is 0 Å². The van der Waals surface area contributed by atoms with Crippen LogP contribution in [0.15, 0.2) is 150 Å². The standard InChI is InChI=1S/C43H26N2O2S/c1-2-12-25(13-3-1)31-24-36-39(28-16-6-10-20-35(28)46-36)41-40(31)44-43(47-41)30-22-23-34(42-38(30)29-17-7-11-21-37(29)48-42)45-32-18-8-4-14-26(32)27-15-5-9-19-33(27)45/h1-24,43-44H. The van der Waals surface area contributed by atoms with Gasteiger partial charge < -0.3 is 19.0 Å². The molecule has 3 aromatic heterocycles. The smallest absolute Gasteiger partial charge is 0.197 e. The Morgan fingerprint density at radius 2 is 1.25 bits per heavy atom. The molecule has 0 radical (unpaired) electrons. The SMILES string of the molecule is c1ccc(-c2cc3oc4ccccc4c3c3c2NC(c2ccc(-n4c5ccccc5c5ccccc54)c4sc5ccccc5c24)O3)cc1. The number of nitrogens with zero attached hydrogens (tertiary/aromatic N) is 1. The Morgan fingerprint density at radius 1 is 0.583 bits per heavy atom. The van der Waals surface area contributed by atoms with E-state index in [0.717, 1.165) is 50.1 Å². The third-order valence-corrected chi connectivity index (χ3v) is 11.1. The Morgan fingerprint density at radius 3 is 2.04 bits per heavy atom. The molecule has 0 bridgehead atoms. The summed E-state index contributed by atoms with van der Waals surface area (Å²) in [5.74, 6) is 0.834. The predicted octanol–water partition coefficient (Wildman–Crippen LogP) is 12.2. The van der Waals surface area contributed by atoms with E-state index < -0.39 is 6.23 Å². The highest BCUT2D eigenvalue weighted by Crippen LogP contribution is 2.53. The van der Waals surface area contributed by atoms with Gasteiger partial charge in [-0.3, -0.25) is 0 Å². The summed E-state index contributed by atoms with van der Waals surface area (Å²) in [5, 5.41) is 10.9. The van der Waals surface area contributed by atoms with Gasteiger partial charge in [0, 0.05) is 42.8 Å². The number of anilines is 1. The van der Waals surface area contributed by atoms with Gasteiger partial charge in [0.05, 0.1) is 32.5 Å². The Balaban J connectivity index is 1.17. The monoisotopic (exact) mass is 634 g/mol. The molecule has 11 rings (SSSR count). The number of hydrogen-bond donors (Lipinski definition) is 1. The van der Waals surface area contributed by atoms with Crippen LogP contribution in [0.5, 0.6) is 5.75 Å². The van der Waals surface area contributed by atoms with E-state index in [1.54, 1.807) is 0 Å². The molecule has 10 aromatic rings. The number of rotatable bonds is 3. The highest BCUT2D eigenvalue weighted by atomic mass is 32.1. The van der Waals surface area contributed by atoms with Crippen LogP contribution in [0, 0.1) is 0 Å². The molecule has 0 aliphatic carbocycles. The van der Waals surface area contributed by atoms with Gasteiger partial charge in [-0.05, 0) is 42.0 Å². The van der Waals surface area contributed by atoms with Crippen molar-refractivity contribution in [3.8, 4) is 22.6 Å². The van der Waals surface area contributed by atoms with Gasteiger partial charge in [-0.2, -0.15) is 0 Å². The van der Waals surface area contributed by atoms with Crippen molar-refractivity contribution in [2.24, 2.45) is 0 Å². The van der Waals surface area contributed by atoms with Crippen molar-refractivity contribution in [2.45, 2.75) is 6.23 Å². The molecular formula is C43H26N2O2S. The van der Waals surface area contributed by atoms with Gasteiger partial charge in [0.1, 0.15) is 11.2 Å². The first-order chi connectivity index (χ1) is 23.8. The largest absolute Gasteiger partial charge is 0.463 e. The Hall–Kier alpha value is -6.04. The summed E-state index contributed by atoms with van der Waals surface area (Å²) in [6, 6.07) is 51.6. The number of para-hydroxylation sites is 3. The fourth-order valence-electron chi connectivity index (χ4n) is 7.79. The quantitative estimate of drug-likeness (QED) is 0.210. The summed E-state index contributed by atoms with van der Waals surface area (Å²) in [6.45, 7) is 0. The molecule has 4 nitrogen and oxygen atoms in total. The van der Waals surface area contributed by atoms with E-state index in [0.29, 0.717) is 0 Å². The Bertz CT molecular complexity index is 2860. The van der Waals surface area contributed by atoms with Crippen LogP contribution in [0.4, 0.5) is 5.69 Å². The minimum atomic E-state index is -0.394. The van der Waals surface area contributed by atoms with Crippen molar-refractivity contribution in [2.75, 3.05) is 5.32 Å². The highest BCUT2D eigenvalue weighted by Gasteiger charge is 2.33. The molecule has 1 unspecified atom stereocenters. The second-order valence-corrected chi connectivity index (χ2v) is 13.5. The molecule has 0 fully saturated rings. The summed E-state index contributed by atoms with van der Waals surface area (Å²) >= 11 is 1.85. The first-order valence-electron chi connectivity index (χ1n) is 16.2. The van der Waals surface area contributed by atoms with Gasteiger partial charge in [-0.15, -0.1) is 11.3 Å². The lowest BCUT2D eigenvalue weighted by atomic mass is 10.00. The number of nitrogens with one attached hydrogen (secondary N) is 1. The van der Waals surface area contributed by atoms with E-state index in [1.165, 1.54) is 47.7 Å². The predicted molar refractivity (Wildman–Crippen MR) is 200 cm³/mol. The van der Waals surface area contributed by atoms with Crippen LogP contribution >= 0.6 is 11.3 Å². The molecular weight excluding hydrogens is 609 g/mol. The van der Waals surface area contributed by atoms with Crippen molar-refractivity contribution >= 4 is 80.9 Å². The fraction of sp³-hybridized carbons (Fsp3) is 0.0233. The molecule has 1 atom stereocenters. The maximum Gasteiger partial charge on any atom is 0.197 e. The van der Waals surface area contributed by atoms with Crippen molar-refractivity contribution < 1.29 is 9.15 Å². The zero-order valence-corrected chi connectivity index (χ0v) is 26.4. The number of furan rings is 1. The van der Waals surface area contributed by atoms with E-state index in [4.69, 9.17) is 9.15 Å². The summed E-state index contributed by atoms with van der Waals surface area (Å²) in [6.07, 6.45) is -0.394.